The predicted molar refractivity (Wildman–Crippen MR) is 126 cm³/mol. The van der Waals surface area contributed by atoms with Crippen LogP contribution in [-0.2, 0) is 21.0 Å². The summed E-state index contributed by atoms with van der Waals surface area (Å²) in [6.45, 7) is 1.23. The van der Waals surface area contributed by atoms with Gasteiger partial charge in [-0.2, -0.15) is 5.10 Å². The van der Waals surface area contributed by atoms with E-state index in [2.05, 4.69) is 26.8 Å². The van der Waals surface area contributed by atoms with Crippen LogP contribution < -0.4 is 0 Å². The van der Waals surface area contributed by atoms with Crippen molar-refractivity contribution in [1.82, 2.24) is 14.7 Å². The van der Waals surface area contributed by atoms with Crippen molar-refractivity contribution in [1.29, 1.82) is 0 Å². The Balaban J connectivity index is 0.00000272. The van der Waals surface area contributed by atoms with Crippen LogP contribution in [0.4, 0.5) is 0 Å². The summed E-state index contributed by atoms with van der Waals surface area (Å²) in [4.78, 5) is 2.52. The van der Waals surface area contributed by atoms with E-state index in [-0.39, 0.29) is 30.3 Å². The van der Waals surface area contributed by atoms with Crippen molar-refractivity contribution in [3.8, 4) is 0 Å². The number of aromatic nitrogens is 2. The number of benzene rings is 1. The molecular weight excluding hydrogens is 457 g/mol. The first-order chi connectivity index (χ1) is 14.4. The number of nitrogens with zero attached hydrogens (tertiary/aromatic N) is 3. The Morgan fingerprint density at radius 3 is 2.42 bits per heavy atom. The number of halogens is 2. The number of hydrogen-bond acceptors (Lipinski definition) is 5. The van der Waals surface area contributed by atoms with Gasteiger partial charge >= 0.3 is 0 Å². The van der Waals surface area contributed by atoms with E-state index in [1.807, 2.05) is 30.6 Å². The van der Waals surface area contributed by atoms with E-state index >= 15 is 0 Å². The molecule has 0 spiro atoms. The molecule has 2 aliphatic rings. The third-order valence-electron chi connectivity index (χ3n) is 6.32. The average molecular weight is 488 g/mol. The molecule has 2 heterocycles. The smallest absolute Gasteiger partial charge is 0.150 e. The van der Waals surface area contributed by atoms with Crippen molar-refractivity contribution in [3.05, 3.63) is 53.3 Å². The first-order valence-electron chi connectivity index (χ1n) is 10.7. The fraction of sp³-hybridized carbons (Fsp3) is 0.591. The molecule has 6 nitrogen and oxygen atoms in total. The fourth-order valence-electron chi connectivity index (χ4n) is 4.89. The average Bonchev–Trinajstić information content (AvgIpc) is 3.25. The van der Waals surface area contributed by atoms with Crippen LogP contribution in [0.25, 0.3) is 0 Å². The van der Waals surface area contributed by atoms with E-state index in [0.717, 1.165) is 37.1 Å². The maximum Gasteiger partial charge on any atom is 0.150 e. The van der Waals surface area contributed by atoms with Crippen molar-refractivity contribution in [2.24, 2.45) is 0 Å². The third-order valence-corrected chi connectivity index (χ3v) is 7.54. The number of hydrogen-bond donors (Lipinski definition) is 0. The fourth-order valence-corrected chi connectivity index (χ4v) is 5.89. The van der Waals surface area contributed by atoms with E-state index in [9.17, 15) is 8.42 Å². The van der Waals surface area contributed by atoms with Gasteiger partial charge in [0.15, 0.2) is 0 Å². The molecule has 2 fully saturated rings. The van der Waals surface area contributed by atoms with Crippen molar-refractivity contribution in [2.75, 3.05) is 25.2 Å². The lowest BCUT2D eigenvalue weighted by Crippen LogP contribution is -2.56. The Hall–Kier alpha value is -1.12. The standard InChI is InChI=1S/C22H30ClN3O3S.ClH/c1-30(27,28)16-22-14-25(19-7-9-20(10-8-19)26-12-2-11-24-26)21(15-29-22)13-17-3-5-18(23)6-4-17;/h2-6,11-12,19-22H,7-10,13-16H2,1H3;1H/t19?,20?,21-,22+;/m0./s1. The van der Waals surface area contributed by atoms with Gasteiger partial charge < -0.3 is 4.74 Å². The molecule has 2 atom stereocenters. The molecule has 0 radical (unpaired) electrons. The van der Waals surface area contributed by atoms with Crippen LogP contribution in [0.2, 0.25) is 5.02 Å². The number of morpholine rings is 1. The predicted octanol–water partition coefficient (Wildman–Crippen LogP) is 3.80. The summed E-state index contributed by atoms with van der Waals surface area (Å²) in [5, 5.41) is 5.15. The first kappa shape index (κ1) is 24.5. The number of ether oxygens (including phenoxy) is 1. The summed E-state index contributed by atoms with van der Waals surface area (Å²) in [5.41, 5.74) is 1.23. The van der Waals surface area contributed by atoms with Gasteiger partial charge in [0, 0.05) is 42.3 Å². The Morgan fingerprint density at radius 1 is 1.13 bits per heavy atom. The molecule has 1 aromatic carbocycles. The second kappa shape index (κ2) is 10.7. The lowest BCUT2D eigenvalue weighted by molar-refractivity contribution is -0.0765. The van der Waals surface area contributed by atoms with Gasteiger partial charge in [0.2, 0.25) is 0 Å². The SMILES string of the molecule is CS(=O)(=O)C[C@H]1CN(C2CCC(n3cccn3)CC2)[C@@H](Cc2ccc(Cl)cc2)CO1.Cl. The first-order valence-corrected chi connectivity index (χ1v) is 13.1. The minimum absolute atomic E-state index is 0. The second-order valence-electron chi connectivity index (χ2n) is 8.68. The molecule has 1 saturated heterocycles. The number of rotatable bonds is 6. The van der Waals surface area contributed by atoms with E-state index in [0.29, 0.717) is 25.2 Å². The molecule has 31 heavy (non-hydrogen) atoms. The van der Waals surface area contributed by atoms with E-state index < -0.39 is 9.84 Å². The third kappa shape index (κ3) is 6.68. The van der Waals surface area contributed by atoms with Crippen molar-refractivity contribution in [2.45, 2.75) is 56.3 Å². The van der Waals surface area contributed by atoms with Gasteiger partial charge in [-0.15, -0.1) is 12.4 Å². The minimum atomic E-state index is -3.08. The van der Waals surface area contributed by atoms with Crippen LogP contribution in [0.1, 0.15) is 37.3 Å². The highest BCUT2D eigenvalue weighted by Crippen LogP contribution is 2.33. The quantitative estimate of drug-likeness (QED) is 0.619. The molecule has 0 unspecified atom stereocenters. The van der Waals surface area contributed by atoms with Gasteiger partial charge in [0.1, 0.15) is 9.84 Å². The summed E-state index contributed by atoms with van der Waals surface area (Å²) < 4.78 is 31.8. The van der Waals surface area contributed by atoms with Crippen LogP contribution in [0.15, 0.2) is 42.7 Å². The molecule has 0 bridgehead atoms. The monoisotopic (exact) mass is 487 g/mol. The van der Waals surface area contributed by atoms with Gasteiger partial charge in [-0.1, -0.05) is 23.7 Å². The molecule has 0 N–H and O–H groups in total. The van der Waals surface area contributed by atoms with Crippen LogP contribution >= 0.6 is 24.0 Å². The highest BCUT2D eigenvalue weighted by molar-refractivity contribution is 7.90. The maximum absolute atomic E-state index is 11.8. The van der Waals surface area contributed by atoms with Gasteiger partial charge in [-0.3, -0.25) is 9.58 Å². The van der Waals surface area contributed by atoms with Crippen LogP contribution in [0, 0.1) is 0 Å². The van der Waals surface area contributed by atoms with Crippen molar-refractivity contribution < 1.29 is 13.2 Å². The second-order valence-corrected chi connectivity index (χ2v) is 11.3. The Kier molecular flexibility index (Phi) is 8.44. The molecule has 1 aliphatic heterocycles. The molecule has 172 valence electrons. The van der Waals surface area contributed by atoms with E-state index in [4.69, 9.17) is 16.3 Å². The van der Waals surface area contributed by atoms with Crippen molar-refractivity contribution in [3.63, 3.8) is 0 Å². The molecule has 4 rings (SSSR count). The van der Waals surface area contributed by atoms with Crippen molar-refractivity contribution >= 4 is 33.8 Å². The molecule has 9 heteroatoms. The lowest BCUT2D eigenvalue weighted by Gasteiger charge is -2.46. The largest absolute Gasteiger partial charge is 0.374 e. The number of sulfone groups is 1. The molecular formula is C22H31Cl2N3O3S. The zero-order valence-corrected chi connectivity index (χ0v) is 20.2. The lowest BCUT2D eigenvalue weighted by atomic mass is 9.88. The summed E-state index contributed by atoms with van der Waals surface area (Å²) in [7, 11) is -3.08. The summed E-state index contributed by atoms with van der Waals surface area (Å²) >= 11 is 6.04. The molecule has 1 saturated carbocycles. The van der Waals surface area contributed by atoms with Crippen LogP contribution in [0.3, 0.4) is 0 Å². The minimum Gasteiger partial charge on any atom is -0.374 e. The zero-order valence-electron chi connectivity index (χ0n) is 17.8. The Labute approximate surface area is 196 Å². The normalized spacial score (nSPS) is 27.5. The molecule has 0 amide bonds. The topological polar surface area (TPSA) is 64.4 Å². The Bertz CT molecular complexity index is 914. The summed E-state index contributed by atoms with van der Waals surface area (Å²) in [6.07, 6.45) is 10.2. The highest BCUT2D eigenvalue weighted by Gasteiger charge is 2.37. The van der Waals surface area contributed by atoms with Crippen LogP contribution in [-0.4, -0.2) is 66.4 Å². The highest BCUT2D eigenvalue weighted by atomic mass is 35.5. The molecule has 2 aromatic rings. The summed E-state index contributed by atoms with van der Waals surface area (Å²) in [6, 6.07) is 11.1. The zero-order chi connectivity index (χ0) is 21.1. The van der Waals surface area contributed by atoms with Gasteiger partial charge in [0.25, 0.3) is 0 Å². The molecule has 1 aliphatic carbocycles. The molecule has 1 aromatic heterocycles. The summed E-state index contributed by atoms with van der Waals surface area (Å²) in [5.74, 6) is 0.0831. The maximum atomic E-state index is 11.8. The van der Waals surface area contributed by atoms with Gasteiger partial charge in [-0.25, -0.2) is 8.42 Å². The van der Waals surface area contributed by atoms with E-state index in [1.165, 1.54) is 11.8 Å². The van der Waals surface area contributed by atoms with Gasteiger partial charge in [0.05, 0.1) is 24.5 Å². The van der Waals surface area contributed by atoms with Crippen LogP contribution in [0.5, 0.6) is 0 Å². The van der Waals surface area contributed by atoms with E-state index in [1.54, 1.807) is 0 Å². The van der Waals surface area contributed by atoms with Gasteiger partial charge in [-0.05, 0) is 55.9 Å². The Morgan fingerprint density at radius 2 is 1.81 bits per heavy atom.